The van der Waals surface area contributed by atoms with Gasteiger partial charge in [0.05, 0.1) is 13.0 Å². The van der Waals surface area contributed by atoms with E-state index < -0.39 is 5.54 Å². The monoisotopic (exact) mass is 377 g/mol. The molecular weight excluding hydrogens is 361 g/mol. The summed E-state index contributed by atoms with van der Waals surface area (Å²) in [5, 5.41) is 1.09. The van der Waals surface area contributed by atoms with Crippen LogP contribution in [0.2, 0.25) is 15.1 Å². The van der Waals surface area contributed by atoms with Crippen molar-refractivity contribution in [1.82, 2.24) is 4.90 Å². The molecule has 0 N–H and O–H groups in total. The van der Waals surface area contributed by atoms with E-state index in [-0.39, 0.29) is 24.9 Å². The highest BCUT2D eigenvalue weighted by molar-refractivity contribution is 6.39. The lowest BCUT2D eigenvalue weighted by molar-refractivity contribution is -0.160. The molecule has 0 saturated carbocycles. The van der Waals surface area contributed by atoms with Gasteiger partial charge in [0.1, 0.15) is 5.54 Å². The second kappa shape index (κ2) is 7.29. The average molecular weight is 379 g/mol. The van der Waals surface area contributed by atoms with Crippen molar-refractivity contribution in [3.8, 4) is 0 Å². The third-order valence-corrected chi connectivity index (χ3v) is 4.98. The predicted octanol–water partition coefficient (Wildman–Crippen LogP) is 4.13. The minimum absolute atomic E-state index is 0.0177. The number of hydrogen-bond donors (Lipinski definition) is 0. The van der Waals surface area contributed by atoms with E-state index >= 15 is 0 Å². The molecule has 1 atom stereocenters. The van der Waals surface area contributed by atoms with Gasteiger partial charge in [0.15, 0.2) is 0 Å². The molecule has 1 aromatic carbocycles. The zero-order valence-electron chi connectivity index (χ0n) is 13.0. The van der Waals surface area contributed by atoms with Gasteiger partial charge < -0.3 is 9.64 Å². The van der Waals surface area contributed by atoms with Crippen LogP contribution in [0, 0.1) is 0 Å². The normalized spacial score (nSPS) is 20.7. The molecule has 126 valence electrons. The molecular formula is C16H18Cl3NO3. The Labute approximate surface area is 150 Å². The zero-order valence-corrected chi connectivity index (χ0v) is 15.3. The van der Waals surface area contributed by atoms with Crippen molar-refractivity contribution in [2.75, 3.05) is 13.2 Å². The van der Waals surface area contributed by atoms with Crippen molar-refractivity contribution in [2.45, 2.75) is 38.6 Å². The zero-order chi connectivity index (χ0) is 17.2. The van der Waals surface area contributed by atoms with Crippen molar-refractivity contribution in [3.05, 3.63) is 32.8 Å². The summed E-state index contributed by atoms with van der Waals surface area (Å²) in [6.07, 6.45) is 1.35. The summed E-state index contributed by atoms with van der Waals surface area (Å²) < 4.78 is 5.12. The molecule has 23 heavy (non-hydrogen) atoms. The lowest BCUT2D eigenvalue weighted by Crippen LogP contribution is -2.52. The third kappa shape index (κ3) is 3.76. The van der Waals surface area contributed by atoms with Crippen LogP contribution < -0.4 is 0 Å². The van der Waals surface area contributed by atoms with Gasteiger partial charge in [-0.3, -0.25) is 4.79 Å². The first-order chi connectivity index (χ1) is 10.8. The smallest absolute Gasteiger partial charge is 0.331 e. The number of esters is 1. The van der Waals surface area contributed by atoms with Gasteiger partial charge in [0.2, 0.25) is 5.91 Å². The van der Waals surface area contributed by atoms with Gasteiger partial charge in [0, 0.05) is 21.6 Å². The maximum absolute atomic E-state index is 12.7. The van der Waals surface area contributed by atoms with E-state index in [0.717, 1.165) is 6.42 Å². The van der Waals surface area contributed by atoms with E-state index in [4.69, 9.17) is 39.5 Å². The van der Waals surface area contributed by atoms with Crippen molar-refractivity contribution >= 4 is 46.7 Å². The highest BCUT2D eigenvalue weighted by atomic mass is 35.5. The second-order valence-corrected chi connectivity index (χ2v) is 6.92. The van der Waals surface area contributed by atoms with E-state index in [1.807, 2.05) is 0 Å². The standard InChI is InChI=1S/C16H18Cl3NO3/c1-3-23-15(22)16(2)5-4-6-20(16)14(21)9-11-12(18)7-10(17)8-13(11)19/h7-8H,3-6,9H2,1-2H3. The highest BCUT2D eigenvalue weighted by Gasteiger charge is 2.46. The highest BCUT2D eigenvalue weighted by Crippen LogP contribution is 2.34. The topological polar surface area (TPSA) is 46.6 Å². The second-order valence-electron chi connectivity index (χ2n) is 5.67. The molecule has 1 saturated heterocycles. The fourth-order valence-corrected chi connectivity index (χ4v) is 3.80. The Morgan fingerprint density at radius 3 is 2.43 bits per heavy atom. The Kier molecular flexibility index (Phi) is 5.82. The molecule has 1 aliphatic heterocycles. The summed E-state index contributed by atoms with van der Waals surface area (Å²) in [6.45, 7) is 4.28. The Bertz CT molecular complexity index is 612. The SMILES string of the molecule is CCOC(=O)C1(C)CCCN1C(=O)Cc1c(Cl)cc(Cl)cc1Cl. The molecule has 1 fully saturated rings. The van der Waals surface area contributed by atoms with Crippen molar-refractivity contribution < 1.29 is 14.3 Å². The van der Waals surface area contributed by atoms with Crippen LogP contribution >= 0.6 is 34.8 Å². The van der Waals surface area contributed by atoms with Crippen molar-refractivity contribution in [1.29, 1.82) is 0 Å². The maximum Gasteiger partial charge on any atom is 0.331 e. The van der Waals surface area contributed by atoms with Gasteiger partial charge in [-0.1, -0.05) is 34.8 Å². The summed E-state index contributed by atoms with van der Waals surface area (Å²) in [7, 11) is 0. The number of hydrogen-bond acceptors (Lipinski definition) is 3. The van der Waals surface area contributed by atoms with Crippen LogP contribution in [0.25, 0.3) is 0 Å². The molecule has 1 amide bonds. The number of amides is 1. The fourth-order valence-electron chi connectivity index (χ4n) is 2.85. The summed E-state index contributed by atoms with van der Waals surface area (Å²) in [5.74, 6) is -0.580. The molecule has 2 rings (SSSR count). The number of halogens is 3. The number of likely N-dealkylation sites (tertiary alicyclic amines) is 1. The van der Waals surface area contributed by atoms with Gasteiger partial charge in [-0.25, -0.2) is 4.79 Å². The first-order valence-corrected chi connectivity index (χ1v) is 8.54. The fraction of sp³-hybridized carbons (Fsp3) is 0.500. The lowest BCUT2D eigenvalue weighted by Gasteiger charge is -2.33. The number of ether oxygens (including phenoxy) is 1. The van der Waals surface area contributed by atoms with Crippen LogP contribution in [-0.2, 0) is 20.7 Å². The molecule has 0 spiro atoms. The van der Waals surface area contributed by atoms with Gasteiger partial charge in [-0.05, 0) is 44.4 Å². The van der Waals surface area contributed by atoms with E-state index in [2.05, 4.69) is 0 Å². The Morgan fingerprint density at radius 2 is 1.87 bits per heavy atom. The van der Waals surface area contributed by atoms with Crippen LogP contribution in [0.5, 0.6) is 0 Å². The number of benzene rings is 1. The first-order valence-electron chi connectivity index (χ1n) is 7.40. The summed E-state index contributed by atoms with van der Waals surface area (Å²) in [5.41, 5.74) is -0.417. The molecule has 1 unspecified atom stereocenters. The molecule has 1 heterocycles. The molecule has 4 nitrogen and oxygen atoms in total. The van der Waals surface area contributed by atoms with E-state index in [1.165, 1.54) is 0 Å². The Balaban J connectivity index is 2.22. The third-order valence-electron chi connectivity index (χ3n) is 4.09. The Morgan fingerprint density at radius 1 is 1.26 bits per heavy atom. The van der Waals surface area contributed by atoms with Crippen LogP contribution in [-0.4, -0.2) is 35.5 Å². The molecule has 1 aromatic rings. The summed E-state index contributed by atoms with van der Waals surface area (Å²) >= 11 is 18.2. The average Bonchev–Trinajstić information content (AvgIpc) is 2.86. The quantitative estimate of drug-likeness (QED) is 0.740. The van der Waals surface area contributed by atoms with Gasteiger partial charge in [0.25, 0.3) is 0 Å². The van der Waals surface area contributed by atoms with Gasteiger partial charge in [-0.2, -0.15) is 0 Å². The molecule has 0 aromatic heterocycles. The van der Waals surface area contributed by atoms with Crippen LogP contribution in [0.4, 0.5) is 0 Å². The van der Waals surface area contributed by atoms with E-state index in [0.29, 0.717) is 33.6 Å². The number of rotatable bonds is 4. The molecule has 1 aliphatic rings. The predicted molar refractivity (Wildman–Crippen MR) is 91.2 cm³/mol. The minimum Gasteiger partial charge on any atom is -0.464 e. The minimum atomic E-state index is -0.932. The molecule has 0 bridgehead atoms. The molecule has 0 aliphatic carbocycles. The van der Waals surface area contributed by atoms with Crippen molar-refractivity contribution in [3.63, 3.8) is 0 Å². The van der Waals surface area contributed by atoms with Crippen LogP contribution in [0.15, 0.2) is 12.1 Å². The van der Waals surface area contributed by atoms with E-state index in [9.17, 15) is 9.59 Å². The Hall–Kier alpha value is -0.970. The largest absolute Gasteiger partial charge is 0.464 e. The number of carbonyl (C=O) groups is 2. The lowest BCUT2D eigenvalue weighted by atomic mass is 9.98. The number of carbonyl (C=O) groups excluding carboxylic acids is 2. The first kappa shape index (κ1) is 18.4. The van der Waals surface area contributed by atoms with E-state index in [1.54, 1.807) is 30.9 Å². The van der Waals surface area contributed by atoms with Crippen LogP contribution in [0.1, 0.15) is 32.3 Å². The summed E-state index contributed by atoms with van der Waals surface area (Å²) in [4.78, 5) is 26.5. The van der Waals surface area contributed by atoms with Crippen LogP contribution in [0.3, 0.4) is 0 Å². The molecule has 7 heteroatoms. The molecule has 0 radical (unpaired) electrons. The summed E-state index contributed by atoms with van der Waals surface area (Å²) in [6, 6.07) is 3.10. The van der Waals surface area contributed by atoms with Gasteiger partial charge in [-0.15, -0.1) is 0 Å². The van der Waals surface area contributed by atoms with Crippen molar-refractivity contribution in [2.24, 2.45) is 0 Å². The maximum atomic E-state index is 12.7. The number of nitrogens with zero attached hydrogens (tertiary/aromatic N) is 1. The van der Waals surface area contributed by atoms with Gasteiger partial charge >= 0.3 is 5.97 Å².